The van der Waals surface area contributed by atoms with Gasteiger partial charge >= 0.3 is 0 Å². The van der Waals surface area contributed by atoms with Gasteiger partial charge in [0.05, 0.1) is 4.92 Å². The van der Waals surface area contributed by atoms with E-state index in [1.54, 1.807) is 0 Å². The van der Waals surface area contributed by atoms with Gasteiger partial charge in [0.2, 0.25) is 0 Å². The Morgan fingerprint density at radius 1 is 1.67 bits per heavy atom. The maximum absolute atomic E-state index is 11.0. The van der Waals surface area contributed by atoms with Gasteiger partial charge in [-0.3, -0.25) is 10.1 Å². The summed E-state index contributed by atoms with van der Waals surface area (Å²) in [5.74, 6) is -0.602. The van der Waals surface area contributed by atoms with Crippen LogP contribution in [-0.4, -0.2) is 23.3 Å². The number of hydrogen-bond acceptors (Lipinski definition) is 4. The van der Waals surface area contributed by atoms with Gasteiger partial charge in [-0.1, -0.05) is 27.5 Å². The minimum atomic E-state index is -3.50. The van der Waals surface area contributed by atoms with Crippen molar-refractivity contribution in [2.45, 2.75) is 4.16 Å². The van der Waals surface area contributed by atoms with Crippen LogP contribution < -0.4 is 0 Å². The second-order valence-corrected chi connectivity index (χ2v) is 6.19. The molecule has 1 heterocycles. The molecule has 0 amide bonds. The van der Waals surface area contributed by atoms with Gasteiger partial charge in [0, 0.05) is 0 Å². The lowest BCUT2D eigenvalue weighted by atomic mass is 10.5. The number of nitro groups is 1. The Labute approximate surface area is 81.6 Å². The fraction of sp³-hybridized carbons (Fsp3) is 0.500. The highest BCUT2D eigenvalue weighted by molar-refractivity contribution is 9.11. The molecule has 12 heavy (non-hydrogen) atoms. The molecule has 8 heteroatoms. The number of alkyl halides is 1. The molecule has 0 radical (unpaired) electrons. The lowest BCUT2D eigenvalue weighted by molar-refractivity contribution is -0.423. The SMILES string of the molecule is O=[N+]([O-])C1=C(Cl)C(Br)S(=O)(=O)C1. The van der Waals surface area contributed by atoms with E-state index in [1.807, 2.05) is 0 Å². The van der Waals surface area contributed by atoms with Crippen LogP contribution in [0.1, 0.15) is 0 Å². The summed E-state index contributed by atoms with van der Waals surface area (Å²) in [7, 11) is -3.50. The Bertz CT molecular complexity index is 361. The van der Waals surface area contributed by atoms with Gasteiger partial charge in [0.25, 0.3) is 5.70 Å². The highest BCUT2D eigenvalue weighted by Gasteiger charge is 2.42. The summed E-state index contributed by atoms with van der Waals surface area (Å²) in [6, 6.07) is 0. The van der Waals surface area contributed by atoms with Crippen molar-refractivity contribution in [3.05, 3.63) is 20.8 Å². The van der Waals surface area contributed by atoms with E-state index in [-0.39, 0.29) is 5.03 Å². The van der Waals surface area contributed by atoms with Crippen LogP contribution in [0, 0.1) is 10.1 Å². The lowest BCUT2D eigenvalue weighted by Gasteiger charge is -1.95. The number of sulfone groups is 1. The minimum Gasteiger partial charge on any atom is -0.259 e. The van der Waals surface area contributed by atoms with Crippen LogP contribution in [0.3, 0.4) is 0 Å². The third kappa shape index (κ3) is 1.48. The Hall–Kier alpha value is -0.140. The average molecular weight is 276 g/mol. The maximum atomic E-state index is 11.0. The van der Waals surface area contributed by atoms with Gasteiger partial charge in [0.15, 0.2) is 14.0 Å². The molecule has 0 aliphatic carbocycles. The molecule has 0 aromatic heterocycles. The largest absolute Gasteiger partial charge is 0.277 e. The van der Waals surface area contributed by atoms with E-state index < -0.39 is 30.4 Å². The predicted octanol–water partition coefficient (Wildman–Crippen LogP) is 0.863. The number of rotatable bonds is 1. The fourth-order valence-electron chi connectivity index (χ4n) is 0.761. The smallest absolute Gasteiger partial charge is 0.259 e. The highest BCUT2D eigenvalue weighted by Crippen LogP contribution is 2.33. The topological polar surface area (TPSA) is 77.3 Å². The Balaban J connectivity index is 3.17. The Morgan fingerprint density at radius 3 is 2.33 bits per heavy atom. The molecule has 1 aliphatic heterocycles. The summed E-state index contributed by atoms with van der Waals surface area (Å²) >= 11 is 8.17. The predicted molar refractivity (Wildman–Crippen MR) is 46.4 cm³/mol. The zero-order chi connectivity index (χ0) is 9.52. The molecule has 0 saturated heterocycles. The number of hydrogen-bond donors (Lipinski definition) is 0. The lowest BCUT2D eigenvalue weighted by Crippen LogP contribution is -2.11. The van der Waals surface area contributed by atoms with Crippen molar-refractivity contribution in [2.75, 3.05) is 5.75 Å². The standard InChI is InChI=1S/C4H3BrClNO4S/c5-4-3(6)2(7(8)9)1-12(4,10)11/h4H,1H2. The van der Waals surface area contributed by atoms with E-state index in [0.29, 0.717) is 0 Å². The van der Waals surface area contributed by atoms with Crippen molar-refractivity contribution in [2.24, 2.45) is 0 Å². The van der Waals surface area contributed by atoms with Gasteiger partial charge in [-0.2, -0.15) is 0 Å². The van der Waals surface area contributed by atoms with E-state index in [4.69, 9.17) is 11.6 Å². The monoisotopic (exact) mass is 275 g/mol. The molecule has 1 unspecified atom stereocenters. The number of nitrogens with zero attached hydrogens (tertiary/aromatic N) is 1. The molecule has 0 N–H and O–H groups in total. The highest BCUT2D eigenvalue weighted by atomic mass is 79.9. The molecular weight excluding hydrogens is 273 g/mol. The van der Waals surface area contributed by atoms with Crippen LogP contribution in [0.15, 0.2) is 10.7 Å². The Kier molecular flexibility index (Phi) is 2.46. The van der Waals surface area contributed by atoms with Gasteiger partial charge in [-0.05, 0) is 0 Å². The van der Waals surface area contributed by atoms with E-state index >= 15 is 0 Å². The van der Waals surface area contributed by atoms with Crippen LogP contribution in [-0.2, 0) is 9.84 Å². The zero-order valence-corrected chi connectivity index (χ0v) is 8.69. The summed E-state index contributed by atoms with van der Waals surface area (Å²) in [4.78, 5) is 9.45. The van der Waals surface area contributed by atoms with Gasteiger partial charge in [0.1, 0.15) is 10.8 Å². The molecule has 68 valence electrons. The van der Waals surface area contributed by atoms with Crippen LogP contribution in [0.25, 0.3) is 0 Å². The molecule has 0 aromatic rings. The molecule has 0 fully saturated rings. The summed E-state index contributed by atoms with van der Waals surface area (Å²) in [5, 5.41) is 9.97. The Morgan fingerprint density at radius 2 is 2.17 bits per heavy atom. The summed E-state index contributed by atoms with van der Waals surface area (Å²) in [5.41, 5.74) is -0.446. The van der Waals surface area contributed by atoms with E-state index in [9.17, 15) is 18.5 Å². The molecule has 0 spiro atoms. The maximum Gasteiger partial charge on any atom is 0.277 e. The molecular formula is C4H3BrClNO4S. The van der Waals surface area contributed by atoms with E-state index in [0.717, 1.165) is 0 Å². The van der Waals surface area contributed by atoms with Crippen LogP contribution in [0.5, 0.6) is 0 Å². The van der Waals surface area contributed by atoms with Gasteiger partial charge in [-0.25, -0.2) is 8.42 Å². The molecule has 5 nitrogen and oxygen atoms in total. The molecule has 1 atom stereocenters. The quantitative estimate of drug-likeness (QED) is 0.404. The van der Waals surface area contributed by atoms with Crippen LogP contribution in [0.2, 0.25) is 0 Å². The first-order valence-electron chi connectivity index (χ1n) is 2.75. The van der Waals surface area contributed by atoms with Crippen molar-refractivity contribution < 1.29 is 13.3 Å². The second-order valence-electron chi connectivity index (χ2n) is 2.17. The summed E-state index contributed by atoms with van der Waals surface area (Å²) in [6.45, 7) is 0. The van der Waals surface area contributed by atoms with Gasteiger partial charge in [-0.15, -0.1) is 0 Å². The first-order chi connectivity index (χ1) is 5.36. The normalized spacial score (nSPS) is 27.7. The molecule has 0 saturated carbocycles. The molecule has 0 aromatic carbocycles. The van der Waals surface area contributed by atoms with Crippen molar-refractivity contribution in [3.8, 4) is 0 Å². The van der Waals surface area contributed by atoms with Crippen LogP contribution >= 0.6 is 27.5 Å². The minimum absolute atomic E-state index is 0.250. The molecule has 1 rings (SSSR count). The summed E-state index contributed by atoms with van der Waals surface area (Å²) < 4.78 is 20.9. The number of halogens is 2. The van der Waals surface area contributed by atoms with E-state index in [1.165, 1.54) is 0 Å². The third-order valence-corrected chi connectivity index (χ3v) is 5.89. The summed E-state index contributed by atoms with van der Waals surface area (Å²) in [6.07, 6.45) is 0. The molecule has 0 bridgehead atoms. The average Bonchev–Trinajstić information content (AvgIpc) is 2.14. The van der Waals surface area contributed by atoms with Crippen LogP contribution in [0.4, 0.5) is 0 Å². The zero-order valence-electron chi connectivity index (χ0n) is 5.53. The van der Waals surface area contributed by atoms with Crippen molar-refractivity contribution in [3.63, 3.8) is 0 Å². The first kappa shape index (κ1) is 9.94. The fourth-order valence-corrected chi connectivity index (χ4v) is 3.28. The van der Waals surface area contributed by atoms with Gasteiger partial charge < -0.3 is 0 Å². The van der Waals surface area contributed by atoms with E-state index in [2.05, 4.69) is 15.9 Å². The second kappa shape index (κ2) is 2.97. The molecule has 1 aliphatic rings. The van der Waals surface area contributed by atoms with Crippen molar-refractivity contribution in [1.29, 1.82) is 0 Å². The van der Waals surface area contributed by atoms with Crippen molar-refractivity contribution in [1.82, 2.24) is 0 Å². The van der Waals surface area contributed by atoms with Crippen molar-refractivity contribution >= 4 is 37.4 Å². The first-order valence-corrected chi connectivity index (χ1v) is 5.75. The third-order valence-electron chi connectivity index (χ3n) is 1.35.